The first-order chi connectivity index (χ1) is 5.33. The molecule has 1 aliphatic rings. The molecule has 1 aliphatic carbocycles. The van der Waals surface area contributed by atoms with Crippen molar-refractivity contribution in [2.45, 2.75) is 46.5 Å². The minimum Gasteiger partial charge on any atom is -0.198 e. The molecule has 1 rings (SSSR count). The van der Waals surface area contributed by atoms with Gasteiger partial charge < -0.3 is 0 Å². The summed E-state index contributed by atoms with van der Waals surface area (Å²) >= 11 is 0. The van der Waals surface area contributed by atoms with Gasteiger partial charge in [0.05, 0.1) is 6.07 Å². The van der Waals surface area contributed by atoms with E-state index in [2.05, 4.69) is 13.0 Å². The van der Waals surface area contributed by atoms with E-state index in [1.807, 2.05) is 13.8 Å². The summed E-state index contributed by atoms with van der Waals surface area (Å²) in [4.78, 5) is 0. The van der Waals surface area contributed by atoms with Crippen molar-refractivity contribution in [3.05, 3.63) is 0 Å². The van der Waals surface area contributed by atoms with Crippen molar-refractivity contribution in [3.8, 4) is 6.07 Å². The Bertz CT molecular complexity index is 123. The van der Waals surface area contributed by atoms with E-state index in [0.29, 0.717) is 5.92 Å². The van der Waals surface area contributed by atoms with Gasteiger partial charge in [0.2, 0.25) is 0 Å². The summed E-state index contributed by atoms with van der Waals surface area (Å²) in [5, 5.41) is 8.56. The largest absolute Gasteiger partial charge is 0.198 e. The first kappa shape index (κ1) is 10.5. The zero-order valence-electron chi connectivity index (χ0n) is 7.93. The third-order valence-corrected chi connectivity index (χ3v) is 2.12. The number of hydrogen-bond donors (Lipinski definition) is 0. The second-order valence-electron chi connectivity index (χ2n) is 3.10. The van der Waals surface area contributed by atoms with E-state index in [0.717, 1.165) is 18.8 Å². The number of rotatable bonds is 0. The smallest absolute Gasteiger partial charge is 0.0655 e. The molecule has 0 aliphatic heterocycles. The second kappa shape index (κ2) is 6.22. The summed E-state index contributed by atoms with van der Waals surface area (Å²) in [5.41, 5.74) is 0. The van der Waals surface area contributed by atoms with Crippen molar-refractivity contribution >= 4 is 0 Å². The molecule has 1 heteroatoms. The van der Waals surface area contributed by atoms with E-state index in [4.69, 9.17) is 5.26 Å². The maximum absolute atomic E-state index is 8.56. The molecule has 0 N–H and O–H groups in total. The number of nitrogens with zero attached hydrogens (tertiary/aromatic N) is 1. The molecule has 0 bridgehead atoms. The lowest BCUT2D eigenvalue weighted by molar-refractivity contribution is 0.331. The van der Waals surface area contributed by atoms with E-state index >= 15 is 0 Å². The molecule has 0 aromatic heterocycles. The molecule has 1 nitrogen and oxygen atoms in total. The van der Waals surface area contributed by atoms with E-state index in [-0.39, 0.29) is 0 Å². The van der Waals surface area contributed by atoms with Crippen molar-refractivity contribution in [2.75, 3.05) is 0 Å². The third kappa shape index (κ3) is 4.03. The number of hydrogen-bond acceptors (Lipinski definition) is 1. The van der Waals surface area contributed by atoms with Crippen LogP contribution in [0.3, 0.4) is 0 Å². The van der Waals surface area contributed by atoms with Crippen molar-refractivity contribution in [3.63, 3.8) is 0 Å². The Balaban J connectivity index is 0.000000461. The summed E-state index contributed by atoms with van der Waals surface area (Å²) < 4.78 is 0. The fourth-order valence-electron chi connectivity index (χ4n) is 1.55. The Morgan fingerprint density at radius 1 is 1.27 bits per heavy atom. The van der Waals surface area contributed by atoms with Gasteiger partial charge in [0, 0.05) is 5.92 Å². The summed E-state index contributed by atoms with van der Waals surface area (Å²) in [6.07, 6.45) is 4.87. The molecule has 0 aromatic rings. The molecule has 0 radical (unpaired) electrons. The molecule has 1 fully saturated rings. The van der Waals surface area contributed by atoms with Crippen LogP contribution in [-0.4, -0.2) is 0 Å². The summed E-state index contributed by atoms with van der Waals surface area (Å²) in [6.45, 7) is 6.24. The third-order valence-electron chi connectivity index (χ3n) is 2.12. The Morgan fingerprint density at radius 3 is 2.27 bits per heavy atom. The van der Waals surface area contributed by atoms with Crippen molar-refractivity contribution in [1.29, 1.82) is 5.26 Å². The molecule has 0 heterocycles. The standard InChI is InChI=1S/C8H13N.C2H6/c1-7-3-2-4-8(5-7)6-9;1-2/h7-8H,2-5H2,1H3;1-2H3/t7?,8-;/m1./s1. The fourth-order valence-corrected chi connectivity index (χ4v) is 1.55. The van der Waals surface area contributed by atoms with Gasteiger partial charge in [-0.2, -0.15) is 5.26 Å². The summed E-state index contributed by atoms with van der Waals surface area (Å²) in [7, 11) is 0. The molecule has 11 heavy (non-hydrogen) atoms. The lowest BCUT2D eigenvalue weighted by Gasteiger charge is -2.20. The monoisotopic (exact) mass is 153 g/mol. The van der Waals surface area contributed by atoms with Crippen molar-refractivity contribution in [2.24, 2.45) is 11.8 Å². The van der Waals surface area contributed by atoms with Crippen molar-refractivity contribution < 1.29 is 0 Å². The molecule has 0 aromatic carbocycles. The highest BCUT2D eigenvalue weighted by atomic mass is 14.3. The van der Waals surface area contributed by atoms with Crippen LogP contribution < -0.4 is 0 Å². The normalized spacial score (nSPS) is 29.6. The van der Waals surface area contributed by atoms with Gasteiger partial charge in [-0.15, -0.1) is 0 Å². The highest BCUT2D eigenvalue weighted by Crippen LogP contribution is 2.27. The molecule has 1 saturated carbocycles. The van der Waals surface area contributed by atoms with E-state index < -0.39 is 0 Å². The first-order valence-electron chi connectivity index (χ1n) is 4.72. The molecule has 0 amide bonds. The predicted molar refractivity (Wildman–Crippen MR) is 48.1 cm³/mol. The van der Waals surface area contributed by atoms with Gasteiger partial charge in [0.1, 0.15) is 0 Å². The zero-order valence-corrected chi connectivity index (χ0v) is 7.93. The predicted octanol–water partition coefficient (Wildman–Crippen LogP) is 3.36. The van der Waals surface area contributed by atoms with Gasteiger partial charge in [0.15, 0.2) is 0 Å². The quantitative estimate of drug-likeness (QED) is 0.523. The van der Waals surface area contributed by atoms with Crippen LogP contribution in [0.15, 0.2) is 0 Å². The Morgan fingerprint density at radius 2 is 1.91 bits per heavy atom. The van der Waals surface area contributed by atoms with Crippen LogP contribution in [0.25, 0.3) is 0 Å². The van der Waals surface area contributed by atoms with Crippen LogP contribution in [0.1, 0.15) is 46.5 Å². The fraction of sp³-hybridized carbons (Fsp3) is 0.900. The average Bonchev–Trinajstić information content (AvgIpc) is 2.08. The lowest BCUT2D eigenvalue weighted by Crippen LogP contribution is -2.10. The first-order valence-corrected chi connectivity index (χ1v) is 4.72. The minimum atomic E-state index is 0.369. The van der Waals surface area contributed by atoms with Crippen LogP contribution in [0, 0.1) is 23.2 Å². The van der Waals surface area contributed by atoms with Gasteiger partial charge in [-0.05, 0) is 18.8 Å². The van der Waals surface area contributed by atoms with Gasteiger partial charge in [-0.3, -0.25) is 0 Å². The van der Waals surface area contributed by atoms with Gasteiger partial charge in [-0.1, -0.05) is 33.6 Å². The Hall–Kier alpha value is -0.510. The highest BCUT2D eigenvalue weighted by Gasteiger charge is 2.17. The molecule has 0 spiro atoms. The van der Waals surface area contributed by atoms with Crippen LogP contribution in [0.5, 0.6) is 0 Å². The molecule has 64 valence electrons. The SMILES string of the molecule is CC.CC1CCC[C@@H](C#N)C1. The van der Waals surface area contributed by atoms with Crippen LogP contribution >= 0.6 is 0 Å². The van der Waals surface area contributed by atoms with Crippen LogP contribution in [0.2, 0.25) is 0 Å². The van der Waals surface area contributed by atoms with Gasteiger partial charge in [0.25, 0.3) is 0 Å². The highest BCUT2D eigenvalue weighted by molar-refractivity contribution is 4.86. The topological polar surface area (TPSA) is 23.8 Å². The zero-order chi connectivity index (χ0) is 8.69. The molecular formula is C10H19N. The van der Waals surface area contributed by atoms with Gasteiger partial charge >= 0.3 is 0 Å². The molecule has 0 saturated heterocycles. The summed E-state index contributed by atoms with van der Waals surface area (Å²) in [6, 6.07) is 2.33. The van der Waals surface area contributed by atoms with E-state index in [1.165, 1.54) is 12.8 Å². The Labute approximate surface area is 70.4 Å². The minimum absolute atomic E-state index is 0.369. The molecular weight excluding hydrogens is 134 g/mol. The second-order valence-corrected chi connectivity index (χ2v) is 3.10. The maximum Gasteiger partial charge on any atom is 0.0655 e. The molecule has 1 unspecified atom stereocenters. The van der Waals surface area contributed by atoms with Gasteiger partial charge in [-0.25, -0.2) is 0 Å². The van der Waals surface area contributed by atoms with E-state index in [1.54, 1.807) is 0 Å². The lowest BCUT2D eigenvalue weighted by atomic mass is 9.83. The summed E-state index contributed by atoms with van der Waals surface area (Å²) in [5.74, 6) is 1.16. The maximum atomic E-state index is 8.56. The van der Waals surface area contributed by atoms with Crippen molar-refractivity contribution in [1.82, 2.24) is 0 Å². The van der Waals surface area contributed by atoms with Crippen LogP contribution in [0.4, 0.5) is 0 Å². The van der Waals surface area contributed by atoms with Crippen LogP contribution in [-0.2, 0) is 0 Å². The average molecular weight is 153 g/mol. The van der Waals surface area contributed by atoms with E-state index in [9.17, 15) is 0 Å². The Kier molecular flexibility index (Phi) is 5.93. The number of nitriles is 1. The molecule has 2 atom stereocenters.